The fourth-order valence-corrected chi connectivity index (χ4v) is 1.66. The first kappa shape index (κ1) is 7.30. The van der Waals surface area contributed by atoms with E-state index in [4.69, 9.17) is 5.11 Å². The van der Waals surface area contributed by atoms with Crippen LogP contribution in [-0.4, -0.2) is 16.1 Å². The molecule has 2 rings (SSSR count). The first-order valence-electron chi connectivity index (χ1n) is 3.17. The SMILES string of the molecule is O=C1[N]Sc2ccc(O)c(O)c21. The maximum atomic E-state index is 11.0. The summed E-state index contributed by atoms with van der Waals surface area (Å²) in [4.78, 5) is 11.6. The highest BCUT2D eigenvalue weighted by Crippen LogP contribution is 2.39. The van der Waals surface area contributed by atoms with E-state index in [1.807, 2.05) is 0 Å². The van der Waals surface area contributed by atoms with Crippen molar-refractivity contribution in [3.05, 3.63) is 17.7 Å². The number of phenols is 2. The molecule has 1 aromatic carbocycles. The van der Waals surface area contributed by atoms with Crippen molar-refractivity contribution in [1.29, 1.82) is 0 Å². The van der Waals surface area contributed by atoms with Gasteiger partial charge in [-0.15, -0.1) is 0 Å². The summed E-state index contributed by atoms with van der Waals surface area (Å²) < 4.78 is 3.51. The molecule has 1 heterocycles. The molecule has 1 amide bonds. The lowest BCUT2D eigenvalue weighted by Gasteiger charge is -1.99. The van der Waals surface area contributed by atoms with Gasteiger partial charge < -0.3 is 10.2 Å². The molecule has 0 fully saturated rings. The van der Waals surface area contributed by atoms with Gasteiger partial charge in [0.15, 0.2) is 11.5 Å². The second-order valence-electron chi connectivity index (χ2n) is 2.29. The molecule has 0 aliphatic carbocycles. The number of carbonyl (C=O) groups is 1. The highest BCUT2D eigenvalue weighted by Gasteiger charge is 2.27. The lowest BCUT2D eigenvalue weighted by Crippen LogP contribution is -2.00. The Balaban J connectivity index is 2.71. The first-order chi connectivity index (χ1) is 5.70. The number of aromatic hydroxyl groups is 2. The number of rotatable bonds is 0. The van der Waals surface area contributed by atoms with Crippen LogP contribution in [0, 0.1) is 0 Å². The van der Waals surface area contributed by atoms with Gasteiger partial charge in [0.25, 0.3) is 5.91 Å². The van der Waals surface area contributed by atoms with Crippen molar-refractivity contribution < 1.29 is 15.0 Å². The van der Waals surface area contributed by atoms with Gasteiger partial charge in [-0.1, -0.05) is 0 Å². The molecule has 1 aliphatic rings. The number of benzene rings is 1. The Bertz CT molecular complexity index is 364. The van der Waals surface area contributed by atoms with Crippen LogP contribution >= 0.6 is 11.9 Å². The summed E-state index contributed by atoms with van der Waals surface area (Å²) in [6.45, 7) is 0. The van der Waals surface area contributed by atoms with Gasteiger partial charge in [0.05, 0.1) is 0 Å². The highest BCUT2D eigenvalue weighted by atomic mass is 32.2. The Morgan fingerprint density at radius 2 is 2.08 bits per heavy atom. The summed E-state index contributed by atoms with van der Waals surface area (Å²) in [6, 6.07) is 2.87. The van der Waals surface area contributed by atoms with E-state index in [0.29, 0.717) is 4.90 Å². The van der Waals surface area contributed by atoms with E-state index in [0.717, 1.165) is 11.9 Å². The zero-order valence-corrected chi connectivity index (χ0v) is 6.63. The van der Waals surface area contributed by atoms with E-state index in [2.05, 4.69) is 4.72 Å². The summed E-state index contributed by atoms with van der Waals surface area (Å²) in [5, 5.41) is 18.3. The quantitative estimate of drug-likeness (QED) is 0.461. The zero-order valence-electron chi connectivity index (χ0n) is 5.81. The van der Waals surface area contributed by atoms with Crippen LogP contribution in [0.3, 0.4) is 0 Å². The van der Waals surface area contributed by atoms with Crippen LogP contribution in [0.4, 0.5) is 0 Å². The average Bonchev–Trinajstić information content (AvgIpc) is 2.41. The lowest BCUT2D eigenvalue weighted by molar-refractivity contribution is 0.0980. The number of amides is 1. The molecule has 0 saturated carbocycles. The Hall–Kier alpha value is -1.36. The second kappa shape index (κ2) is 2.31. The third-order valence-corrected chi connectivity index (χ3v) is 2.35. The van der Waals surface area contributed by atoms with Gasteiger partial charge in [0.1, 0.15) is 5.56 Å². The van der Waals surface area contributed by atoms with E-state index < -0.39 is 5.91 Å². The van der Waals surface area contributed by atoms with Gasteiger partial charge in [0.2, 0.25) is 0 Å². The summed E-state index contributed by atoms with van der Waals surface area (Å²) in [5.41, 5.74) is 0.0972. The number of carbonyl (C=O) groups excluding carboxylic acids is 1. The molecule has 0 atom stereocenters. The summed E-state index contributed by atoms with van der Waals surface area (Å²) in [5.74, 6) is -1.17. The molecule has 0 bridgehead atoms. The molecule has 1 aromatic rings. The highest BCUT2D eigenvalue weighted by molar-refractivity contribution is 7.98. The Morgan fingerprint density at radius 3 is 2.83 bits per heavy atom. The minimum atomic E-state index is -0.497. The van der Waals surface area contributed by atoms with E-state index >= 15 is 0 Å². The molecule has 61 valence electrons. The molecule has 1 aliphatic heterocycles. The maximum Gasteiger partial charge on any atom is 0.289 e. The topological polar surface area (TPSA) is 71.6 Å². The second-order valence-corrected chi connectivity index (χ2v) is 3.10. The fraction of sp³-hybridized carbons (Fsp3) is 0. The van der Waals surface area contributed by atoms with Crippen LogP contribution < -0.4 is 4.72 Å². The minimum Gasteiger partial charge on any atom is -0.504 e. The van der Waals surface area contributed by atoms with Gasteiger partial charge in [-0.25, -0.2) is 0 Å². The fourth-order valence-electron chi connectivity index (χ4n) is 0.981. The molecule has 0 saturated heterocycles. The number of fused-ring (bicyclic) bond motifs is 1. The van der Waals surface area contributed by atoms with E-state index in [1.165, 1.54) is 6.07 Å². The number of phenolic OH excluding ortho intramolecular Hbond substituents is 2. The molecule has 4 nitrogen and oxygen atoms in total. The first-order valence-corrected chi connectivity index (χ1v) is 3.95. The van der Waals surface area contributed by atoms with Gasteiger partial charge in [0, 0.05) is 16.8 Å². The molecule has 5 heteroatoms. The van der Waals surface area contributed by atoms with Crippen molar-refractivity contribution in [2.75, 3.05) is 0 Å². The Kier molecular flexibility index (Phi) is 1.41. The molecular weight excluding hydrogens is 178 g/mol. The van der Waals surface area contributed by atoms with Crippen molar-refractivity contribution in [3.63, 3.8) is 0 Å². The zero-order chi connectivity index (χ0) is 8.72. The average molecular weight is 182 g/mol. The van der Waals surface area contributed by atoms with Crippen LogP contribution in [0.2, 0.25) is 0 Å². The monoisotopic (exact) mass is 182 g/mol. The summed E-state index contributed by atoms with van der Waals surface area (Å²) in [6.07, 6.45) is 0. The Labute approximate surface area is 72.3 Å². The van der Waals surface area contributed by atoms with Gasteiger partial charge >= 0.3 is 0 Å². The third kappa shape index (κ3) is 0.831. The molecule has 1 radical (unpaired) electrons. The van der Waals surface area contributed by atoms with Gasteiger partial charge in [-0.2, -0.15) is 4.72 Å². The molecule has 0 spiro atoms. The van der Waals surface area contributed by atoms with Crippen LogP contribution in [0.1, 0.15) is 10.4 Å². The number of hydrogen-bond acceptors (Lipinski definition) is 4. The van der Waals surface area contributed by atoms with Gasteiger partial charge in [-0.3, -0.25) is 4.79 Å². The van der Waals surface area contributed by atoms with Crippen molar-refractivity contribution in [1.82, 2.24) is 4.72 Å². The maximum absolute atomic E-state index is 11.0. The van der Waals surface area contributed by atoms with Crippen molar-refractivity contribution >= 4 is 17.9 Å². The smallest absolute Gasteiger partial charge is 0.289 e. The van der Waals surface area contributed by atoms with Crippen molar-refractivity contribution in [2.45, 2.75) is 4.90 Å². The van der Waals surface area contributed by atoms with Crippen LogP contribution in [0.25, 0.3) is 0 Å². The minimum absolute atomic E-state index is 0.0972. The number of nitrogens with zero attached hydrogens (tertiary/aromatic N) is 1. The van der Waals surface area contributed by atoms with Crippen LogP contribution in [0.5, 0.6) is 11.5 Å². The van der Waals surface area contributed by atoms with E-state index in [9.17, 15) is 9.90 Å². The summed E-state index contributed by atoms with van der Waals surface area (Å²) >= 11 is 1.00. The standard InChI is InChI=1S/C7H4NO3S/c9-3-1-2-4-5(6(3)10)7(11)8-12-4/h1-2,9-10H. The lowest BCUT2D eigenvalue weighted by atomic mass is 10.2. The van der Waals surface area contributed by atoms with Crippen molar-refractivity contribution in [2.24, 2.45) is 0 Å². The largest absolute Gasteiger partial charge is 0.504 e. The number of hydrogen-bond donors (Lipinski definition) is 2. The summed E-state index contributed by atoms with van der Waals surface area (Å²) in [7, 11) is 0. The van der Waals surface area contributed by atoms with E-state index in [-0.39, 0.29) is 17.1 Å². The normalized spacial score (nSPS) is 14.2. The van der Waals surface area contributed by atoms with Gasteiger partial charge in [-0.05, 0) is 12.1 Å². The predicted molar refractivity (Wildman–Crippen MR) is 42.1 cm³/mol. The predicted octanol–water partition coefficient (Wildman–Crippen LogP) is 0.863. The molecule has 12 heavy (non-hydrogen) atoms. The Morgan fingerprint density at radius 1 is 1.33 bits per heavy atom. The third-order valence-electron chi connectivity index (χ3n) is 1.56. The van der Waals surface area contributed by atoms with Crippen LogP contribution in [-0.2, 0) is 0 Å². The van der Waals surface area contributed by atoms with Crippen molar-refractivity contribution in [3.8, 4) is 11.5 Å². The van der Waals surface area contributed by atoms with Crippen LogP contribution in [0.15, 0.2) is 17.0 Å². The van der Waals surface area contributed by atoms with E-state index in [1.54, 1.807) is 6.07 Å². The molecule has 0 unspecified atom stereocenters. The molecule has 0 aromatic heterocycles. The molecular formula is C7H4NO3S. The molecule has 2 N–H and O–H groups in total.